The van der Waals surface area contributed by atoms with Crippen molar-refractivity contribution in [3.8, 4) is 0 Å². The van der Waals surface area contributed by atoms with E-state index < -0.39 is 0 Å². The second kappa shape index (κ2) is 15.4. The number of H-pyrrole nitrogens is 5. The van der Waals surface area contributed by atoms with E-state index in [1.165, 1.54) is 18.2 Å². The molecule has 0 bridgehead atoms. The first-order valence-corrected chi connectivity index (χ1v) is 7.72. The summed E-state index contributed by atoms with van der Waals surface area (Å²) in [4.78, 5) is 9.97. The lowest BCUT2D eigenvalue weighted by Gasteiger charge is -1.78. The molecule has 5 heterocycles. The number of aromatic nitrogens is 12. The Kier molecular flexibility index (Phi) is 12.0. The van der Waals surface area contributed by atoms with Gasteiger partial charge in [-0.2, -0.15) is 30.7 Å². The van der Waals surface area contributed by atoms with Crippen LogP contribution < -0.4 is 0 Å². The molecule has 5 aromatic heterocycles. The van der Waals surface area contributed by atoms with Gasteiger partial charge in [-0.05, 0) is 25.5 Å². The van der Waals surface area contributed by atoms with E-state index in [1.54, 1.807) is 43.5 Å². The molecule has 0 saturated carbocycles. The molecule has 5 N–H and O–H groups in total. The molecule has 0 fully saturated rings. The van der Waals surface area contributed by atoms with E-state index in [9.17, 15) is 0 Å². The largest absolute Gasteiger partial charge is 0.351 e. The molecule has 5 rings (SSSR count). The molecule has 0 radical (unpaired) electrons. The summed E-state index contributed by atoms with van der Waals surface area (Å²) in [5.74, 6) is 0. The summed E-state index contributed by atoms with van der Waals surface area (Å²) in [6.45, 7) is 4.03. The maximum atomic E-state index is 3.80. The summed E-state index contributed by atoms with van der Waals surface area (Å²) < 4.78 is 0. The summed E-state index contributed by atoms with van der Waals surface area (Å²) in [6.07, 6.45) is 16.5. The van der Waals surface area contributed by atoms with Crippen LogP contribution in [0.25, 0.3) is 0 Å². The maximum absolute atomic E-state index is 3.80. The third-order valence-electron chi connectivity index (χ3n) is 2.56. The lowest BCUT2D eigenvalue weighted by Crippen LogP contribution is -1.70. The van der Waals surface area contributed by atoms with Crippen molar-refractivity contribution in [2.45, 2.75) is 13.8 Å². The van der Waals surface area contributed by atoms with E-state index >= 15 is 0 Å². The van der Waals surface area contributed by atoms with Crippen LogP contribution in [-0.4, -0.2) is 61.0 Å². The quantitative estimate of drug-likeness (QED) is 0.275. The number of rotatable bonds is 0. The fraction of sp³-hybridized carbons (Fsp3) is 0.133. The number of hydrogen-bond donors (Lipinski definition) is 5. The Morgan fingerprint density at radius 1 is 0.741 bits per heavy atom. The zero-order valence-corrected chi connectivity index (χ0v) is 15.0. The average Bonchev–Trinajstić information content (AvgIpc) is 3.55. The van der Waals surface area contributed by atoms with E-state index in [0.717, 1.165) is 5.69 Å². The first-order valence-electron chi connectivity index (χ1n) is 7.72. The van der Waals surface area contributed by atoms with E-state index in [-0.39, 0.29) is 0 Å². The van der Waals surface area contributed by atoms with Crippen molar-refractivity contribution in [2.75, 3.05) is 0 Å². The first kappa shape index (κ1) is 21.0. The Bertz CT molecular complexity index is 610. The Labute approximate surface area is 155 Å². The Morgan fingerprint density at radius 3 is 1.78 bits per heavy atom. The second-order valence-corrected chi connectivity index (χ2v) is 4.51. The second-order valence-electron chi connectivity index (χ2n) is 4.51. The SMILES string of the molecule is Cc1cn[nH]c1C.c1c[nH]cn1.c1cn[nH]c1.c1cn[nH]n1.c1nc[nH]n1. The summed E-state index contributed by atoms with van der Waals surface area (Å²) in [5, 5.41) is 28.1. The summed E-state index contributed by atoms with van der Waals surface area (Å²) in [5.41, 5.74) is 2.38. The number of nitrogens with one attached hydrogen (secondary N) is 5. The molecule has 0 unspecified atom stereocenters. The molecule has 0 aliphatic heterocycles. The molecule has 0 aliphatic carbocycles. The highest BCUT2D eigenvalue weighted by Gasteiger charge is 1.87. The highest BCUT2D eigenvalue weighted by atomic mass is 15.3. The zero-order valence-electron chi connectivity index (χ0n) is 15.0. The lowest BCUT2D eigenvalue weighted by atomic mass is 10.3. The van der Waals surface area contributed by atoms with Gasteiger partial charge in [-0.15, -0.1) is 0 Å². The molecule has 0 aromatic carbocycles. The standard InChI is InChI=1S/C5H8N2.2C3H4N2.2C2H3N3/c1-4-3-6-7-5(4)2;1-2-5-3-4-1;1-2-4-5-3-1;1-3-2-5-4-1;1-2-4-5-3-1/h3H,1-2H3,(H,6,7);2*1-3H,(H,4,5);2*1-2H,(H,3,4,5). The van der Waals surface area contributed by atoms with Gasteiger partial charge in [-0.25, -0.2) is 9.97 Å². The molecule has 27 heavy (non-hydrogen) atoms. The molecule has 0 saturated heterocycles. The molecular formula is C15H22N12. The van der Waals surface area contributed by atoms with Crippen molar-refractivity contribution in [3.05, 3.63) is 79.7 Å². The number of hydrogen-bond acceptors (Lipinski definition) is 7. The van der Waals surface area contributed by atoms with Gasteiger partial charge in [0.1, 0.15) is 12.7 Å². The van der Waals surface area contributed by atoms with E-state index in [1.807, 2.05) is 26.1 Å². The maximum Gasteiger partial charge on any atom is 0.137 e. The van der Waals surface area contributed by atoms with Gasteiger partial charge in [-0.1, -0.05) is 0 Å². The summed E-state index contributed by atoms with van der Waals surface area (Å²) >= 11 is 0. The van der Waals surface area contributed by atoms with Crippen LogP contribution in [0.2, 0.25) is 0 Å². The van der Waals surface area contributed by atoms with Crippen molar-refractivity contribution in [3.63, 3.8) is 0 Å². The van der Waals surface area contributed by atoms with Crippen LogP contribution in [0, 0.1) is 13.8 Å². The summed E-state index contributed by atoms with van der Waals surface area (Å²) in [7, 11) is 0. The zero-order chi connectivity index (χ0) is 19.4. The lowest BCUT2D eigenvalue weighted by molar-refractivity contribution is 0.940. The average molecular weight is 370 g/mol. The van der Waals surface area contributed by atoms with Crippen LogP contribution >= 0.6 is 0 Å². The fourth-order valence-electron chi connectivity index (χ4n) is 1.17. The van der Waals surface area contributed by atoms with Gasteiger partial charge >= 0.3 is 0 Å². The van der Waals surface area contributed by atoms with Gasteiger partial charge in [-0.3, -0.25) is 15.3 Å². The molecule has 0 spiro atoms. The minimum atomic E-state index is 1.15. The van der Waals surface area contributed by atoms with Crippen molar-refractivity contribution in [1.82, 2.24) is 61.0 Å². The molecule has 12 heteroatoms. The number of nitrogens with zero attached hydrogens (tertiary/aromatic N) is 7. The van der Waals surface area contributed by atoms with Crippen molar-refractivity contribution in [1.29, 1.82) is 0 Å². The van der Waals surface area contributed by atoms with Gasteiger partial charge in [0, 0.05) is 30.5 Å². The normalized spacial score (nSPS) is 8.37. The minimum Gasteiger partial charge on any atom is -0.351 e. The third kappa shape index (κ3) is 12.9. The van der Waals surface area contributed by atoms with Crippen LogP contribution in [-0.2, 0) is 0 Å². The van der Waals surface area contributed by atoms with Crippen LogP contribution in [0.3, 0.4) is 0 Å². The molecule has 5 aromatic rings. The third-order valence-corrected chi connectivity index (χ3v) is 2.56. The minimum absolute atomic E-state index is 1.15. The molecule has 12 nitrogen and oxygen atoms in total. The first-order chi connectivity index (χ1) is 13.3. The van der Waals surface area contributed by atoms with E-state index in [2.05, 4.69) is 61.0 Å². The molecular weight excluding hydrogens is 348 g/mol. The fourth-order valence-corrected chi connectivity index (χ4v) is 1.17. The predicted molar refractivity (Wildman–Crippen MR) is 98.0 cm³/mol. The Balaban J connectivity index is 0.000000170. The number of aryl methyl sites for hydroxylation is 2. The van der Waals surface area contributed by atoms with E-state index in [4.69, 9.17) is 0 Å². The van der Waals surface area contributed by atoms with Crippen molar-refractivity contribution in [2.24, 2.45) is 0 Å². The van der Waals surface area contributed by atoms with Crippen molar-refractivity contribution >= 4 is 0 Å². The highest BCUT2D eigenvalue weighted by molar-refractivity contribution is 5.10. The monoisotopic (exact) mass is 370 g/mol. The molecule has 0 atom stereocenters. The Morgan fingerprint density at radius 2 is 1.59 bits per heavy atom. The van der Waals surface area contributed by atoms with Crippen LogP contribution in [0.5, 0.6) is 0 Å². The topological polar surface area (TPSA) is 169 Å². The van der Waals surface area contributed by atoms with Gasteiger partial charge in [0.25, 0.3) is 0 Å². The van der Waals surface area contributed by atoms with Gasteiger partial charge < -0.3 is 4.98 Å². The van der Waals surface area contributed by atoms with Crippen molar-refractivity contribution < 1.29 is 0 Å². The Hall–Kier alpha value is -4.09. The molecule has 142 valence electrons. The smallest absolute Gasteiger partial charge is 0.137 e. The molecule has 0 aliphatic rings. The van der Waals surface area contributed by atoms with Crippen LogP contribution in [0.15, 0.2) is 68.4 Å². The van der Waals surface area contributed by atoms with Crippen LogP contribution in [0.1, 0.15) is 11.3 Å². The van der Waals surface area contributed by atoms with Gasteiger partial charge in [0.05, 0.1) is 24.9 Å². The van der Waals surface area contributed by atoms with E-state index in [0.29, 0.717) is 0 Å². The highest BCUT2D eigenvalue weighted by Crippen LogP contribution is 1.96. The number of imidazole rings is 1. The summed E-state index contributed by atoms with van der Waals surface area (Å²) in [6, 6.07) is 1.83. The van der Waals surface area contributed by atoms with Crippen LogP contribution in [0.4, 0.5) is 0 Å². The molecule has 0 amide bonds. The van der Waals surface area contributed by atoms with Gasteiger partial charge in [0.2, 0.25) is 0 Å². The van der Waals surface area contributed by atoms with Gasteiger partial charge in [0.15, 0.2) is 0 Å². The number of aromatic amines is 5. The predicted octanol–water partition coefficient (Wildman–Crippen LogP) is 1.46.